The summed E-state index contributed by atoms with van der Waals surface area (Å²) in [7, 11) is 0. The molecule has 0 aromatic heterocycles. The van der Waals surface area contributed by atoms with Gasteiger partial charge in [-0.3, -0.25) is 4.79 Å². The van der Waals surface area contributed by atoms with E-state index in [-0.39, 0.29) is 11.1 Å². The summed E-state index contributed by atoms with van der Waals surface area (Å²) < 4.78 is 39.0. The van der Waals surface area contributed by atoms with Gasteiger partial charge in [0, 0.05) is 0 Å². The number of alkyl halides is 3. The number of hydrogen-bond acceptors (Lipinski definition) is 2. The number of benzene rings is 1. The molecule has 1 aromatic rings. The fourth-order valence-corrected chi connectivity index (χ4v) is 2.09. The quantitative estimate of drug-likeness (QED) is 0.917. The molecule has 0 atom stereocenters. The third-order valence-electron chi connectivity index (χ3n) is 3.22. The molecule has 0 bridgehead atoms. The summed E-state index contributed by atoms with van der Waals surface area (Å²) in [6, 6.07) is 5.34. The smallest absolute Gasteiger partial charge is 0.416 e. The molecule has 3 nitrogen and oxygen atoms in total. The average molecular weight is 269 g/mol. The van der Waals surface area contributed by atoms with Crippen LogP contribution in [-0.2, 0) is 22.8 Å². The minimum atomic E-state index is -4.59. The van der Waals surface area contributed by atoms with Gasteiger partial charge in [0.05, 0.1) is 23.5 Å². The standard InChI is InChI=1S/C13H10F3NO2/c14-13(15,16)10-5-8(6-11(18)19)1-2-9(10)12(7-17)3-4-12/h1-2,5H,3-4,6H2,(H,18,19). The lowest BCUT2D eigenvalue weighted by Gasteiger charge is -2.17. The van der Waals surface area contributed by atoms with Crippen LogP contribution in [-0.4, -0.2) is 11.1 Å². The van der Waals surface area contributed by atoms with Crippen LogP contribution in [0.15, 0.2) is 18.2 Å². The second kappa shape index (κ2) is 4.26. The number of nitriles is 1. The Hall–Kier alpha value is -2.03. The maximum absolute atomic E-state index is 13.0. The van der Waals surface area contributed by atoms with Crippen LogP contribution in [0.2, 0.25) is 0 Å². The molecule has 1 aliphatic carbocycles. The summed E-state index contributed by atoms with van der Waals surface area (Å²) >= 11 is 0. The van der Waals surface area contributed by atoms with Crippen molar-refractivity contribution >= 4 is 5.97 Å². The number of rotatable bonds is 3. The number of nitrogens with zero attached hydrogens (tertiary/aromatic N) is 1. The summed E-state index contributed by atoms with van der Waals surface area (Å²) in [5, 5.41) is 17.6. The first-order valence-corrected chi connectivity index (χ1v) is 5.62. The van der Waals surface area contributed by atoms with Crippen molar-refractivity contribution in [1.82, 2.24) is 0 Å². The lowest BCUT2D eigenvalue weighted by Crippen LogP contribution is -2.16. The first-order chi connectivity index (χ1) is 8.78. The summed E-state index contributed by atoms with van der Waals surface area (Å²) in [6.45, 7) is 0. The molecule has 1 aliphatic rings. The van der Waals surface area contributed by atoms with Crippen molar-refractivity contribution in [2.75, 3.05) is 0 Å². The summed E-state index contributed by atoms with van der Waals surface area (Å²) in [5.74, 6) is -1.19. The number of halogens is 3. The monoisotopic (exact) mass is 269 g/mol. The third-order valence-corrected chi connectivity index (χ3v) is 3.22. The minimum Gasteiger partial charge on any atom is -0.481 e. The first kappa shape index (κ1) is 13.4. The predicted octanol–water partition coefficient (Wildman–Crippen LogP) is 2.89. The fraction of sp³-hybridized carbons (Fsp3) is 0.385. The zero-order chi connectivity index (χ0) is 14.3. The van der Waals surface area contributed by atoms with Gasteiger partial charge in [-0.25, -0.2) is 0 Å². The highest BCUT2D eigenvalue weighted by Crippen LogP contribution is 2.51. The molecule has 0 spiro atoms. The Labute approximate surface area is 107 Å². The fourth-order valence-electron chi connectivity index (χ4n) is 2.09. The van der Waals surface area contributed by atoms with Crippen molar-refractivity contribution in [2.24, 2.45) is 0 Å². The number of aliphatic carboxylic acids is 1. The molecular formula is C13H10F3NO2. The van der Waals surface area contributed by atoms with E-state index in [2.05, 4.69) is 0 Å². The van der Waals surface area contributed by atoms with Crippen LogP contribution in [0.25, 0.3) is 0 Å². The van der Waals surface area contributed by atoms with E-state index < -0.39 is 29.5 Å². The molecular weight excluding hydrogens is 259 g/mol. The molecule has 6 heteroatoms. The van der Waals surface area contributed by atoms with E-state index in [0.29, 0.717) is 12.8 Å². The molecule has 0 saturated heterocycles. The van der Waals surface area contributed by atoms with E-state index in [1.165, 1.54) is 12.1 Å². The first-order valence-electron chi connectivity index (χ1n) is 5.62. The molecule has 0 heterocycles. The van der Waals surface area contributed by atoms with Gasteiger partial charge in [-0.05, 0) is 30.0 Å². The molecule has 1 aromatic carbocycles. The Balaban J connectivity index is 2.51. The van der Waals surface area contributed by atoms with E-state index >= 15 is 0 Å². The van der Waals surface area contributed by atoms with Gasteiger partial charge < -0.3 is 5.11 Å². The van der Waals surface area contributed by atoms with Crippen LogP contribution in [0.3, 0.4) is 0 Å². The molecule has 0 aliphatic heterocycles. The third kappa shape index (κ3) is 2.55. The van der Waals surface area contributed by atoms with Crippen LogP contribution < -0.4 is 0 Å². The van der Waals surface area contributed by atoms with E-state index in [1.54, 1.807) is 0 Å². The second-order valence-corrected chi connectivity index (χ2v) is 4.64. The molecule has 1 saturated carbocycles. The van der Waals surface area contributed by atoms with E-state index in [0.717, 1.165) is 6.07 Å². The highest BCUT2D eigenvalue weighted by atomic mass is 19.4. The van der Waals surface area contributed by atoms with Gasteiger partial charge >= 0.3 is 12.1 Å². The molecule has 0 amide bonds. The van der Waals surface area contributed by atoms with Crippen molar-refractivity contribution in [3.63, 3.8) is 0 Å². The Morgan fingerprint density at radius 1 is 1.42 bits per heavy atom. The predicted molar refractivity (Wildman–Crippen MR) is 59.3 cm³/mol. The summed E-state index contributed by atoms with van der Waals surface area (Å²) in [6.07, 6.45) is -4.24. The van der Waals surface area contributed by atoms with Gasteiger partial charge in [-0.1, -0.05) is 12.1 Å². The number of carboxylic acids is 1. The largest absolute Gasteiger partial charge is 0.481 e. The van der Waals surface area contributed by atoms with E-state index in [9.17, 15) is 18.0 Å². The van der Waals surface area contributed by atoms with Gasteiger partial charge in [-0.15, -0.1) is 0 Å². The number of carboxylic acid groups (broad SMARTS) is 1. The van der Waals surface area contributed by atoms with Crippen LogP contribution in [0.4, 0.5) is 13.2 Å². The zero-order valence-corrected chi connectivity index (χ0v) is 9.79. The van der Waals surface area contributed by atoms with Crippen molar-refractivity contribution in [1.29, 1.82) is 5.26 Å². The molecule has 1 N–H and O–H groups in total. The average Bonchev–Trinajstić information content (AvgIpc) is 3.08. The highest BCUT2D eigenvalue weighted by molar-refractivity contribution is 5.70. The molecule has 0 unspecified atom stereocenters. The van der Waals surface area contributed by atoms with Crippen molar-refractivity contribution in [2.45, 2.75) is 30.9 Å². The van der Waals surface area contributed by atoms with Crippen molar-refractivity contribution in [3.8, 4) is 6.07 Å². The van der Waals surface area contributed by atoms with E-state index in [1.807, 2.05) is 6.07 Å². The molecule has 0 radical (unpaired) electrons. The van der Waals surface area contributed by atoms with Gasteiger partial charge in [-0.2, -0.15) is 18.4 Å². The molecule has 100 valence electrons. The normalized spacial score (nSPS) is 16.7. The van der Waals surface area contributed by atoms with Gasteiger partial charge in [0.15, 0.2) is 0 Å². The Kier molecular flexibility index (Phi) is 3.01. The van der Waals surface area contributed by atoms with Crippen LogP contribution in [0.5, 0.6) is 0 Å². The van der Waals surface area contributed by atoms with Crippen molar-refractivity contribution < 1.29 is 23.1 Å². The number of hydrogen-bond donors (Lipinski definition) is 1. The summed E-state index contributed by atoms with van der Waals surface area (Å²) in [4.78, 5) is 10.5. The maximum atomic E-state index is 13.0. The van der Waals surface area contributed by atoms with Crippen LogP contribution in [0, 0.1) is 11.3 Å². The summed E-state index contributed by atoms with van der Waals surface area (Å²) in [5.41, 5.74) is -1.91. The Bertz CT molecular complexity index is 568. The topological polar surface area (TPSA) is 61.1 Å². The second-order valence-electron chi connectivity index (χ2n) is 4.64. The van der Waals surface area contributed by atoms with Gasteiger partial charge in [0.25, 0.3) is 0 Å². The zero-order valence-electron chi connectivity index (χ0n) is 9.79. The van der Waals surface area contributed by atoms with Crippen molar-refractivity contribution in [3.05, 3.63) is 34.9 Å². The highest BCUT2D eigenvalue weighted by Gasteiger charge is 2.49. The Morgan fingerprint density at radius 3 is 2.47 bits per heavy atom. The van der Waals surface area contributed by atoms with Gasteiger partial charge in [0.1, 0.15) is 0 Å². The molecule has 2 rings (SSSR count). The molecule has 1 fully saturated rings. The maximum Gasteiger partial charge on any atom is 0.416 e. The van der Waals surface area contributed by atoms with Crippen LogP contribution >= 0.6 is 0 Å². The van der Waals surface area contributed by atoms with Crippen LogP contribution in [0.1, 0.15) is 29.5 Å². The SMILES string of the molecule is N#CC1(c2ccc(CC(=O)O)cc2C(F)(F)F)CC1. The Morgan fingerprint density at radius 2 is 2.05 bits per heavy atom. The molecule has 19 heavy (non-hydrogen) atoms. The number of carbonyl (C=O) groups is 1. The van der Waals surface area contributed by atoms with E-state index in [4.69, 9.17) is 10.4 Å². The van der Waals surface area contributed by atoms with Gasteiger partial charge in [0.2, 0.25) is 0 Å². The lowest BCUT2D eigenvalue weighted by molar-refractivity contribution is -0.139. The lowest BCUT2D eigenvalue weighted by atomic mass is 9.90. The minimum absolute atomic E-state index is 0.0448.